The Morgan fingerprint density at radius 3 is 2.71 bits per heavy atom. The van der Waals surface area contributed by atoms with Crippen molar-refractivity contribution in [1.29, 1.82) is 0 Å². The summed E-state index contributed by atoms with van der Waals surface area (Å²) in [7, 11) is 1.71. The van der Waals surface area contributed by atoms with Gasteiger partial charge in [0.25, 0.3) is 0 Å². The highest BCUT2D eigenvalue weighted by Crippen LogP contribution is 2.18. The lowest BCUT2D eigenvalue weighted by atomic mass is 10.1. The van der Waals surface area contributed by atoms with E-state index in [1.165, 1.54) is 0 Å². The minimum absolute atomic E-state index is 0.309. The van der Waals surface area contributed by atoms with Gasteiger partial charge in [-0.2, -0.15) is 0 Å². The molecule has 0 radical (unpaired) electrons. The maximum absolute atomic E-state index is 5.64. The van der Waals surface area contributed by atoms with E-state index in [-0.39, 0.29) is 0 Å². The van der Waals surface area contributed by atoms with Crippen LogP contribution in [0.15, 0.2) is 0 Å². The first-order valence-electron chi connectivity index (χ1n) is 5.80. The molecule has 0 aliphatic rings. The number of aromatic nitrogens is 3. The SMILES string of the molecule is COCCCCn1nnc(C(N)=S)c1C(C)C. The number of hydrogen-bond donors (Lipinski definition) is 1. The Morgan fingerprint density at radius 1 is 1.47 bits per heavy atom. The van der Waals surface area contributed by atoms with Gasteiger partial charge in [0.05, 0.1) is 5.69 Å². The highest BCUT2D eigenvalue weighted by Gasteiger charge is 2.17. The summed E-state index contributed by atoms with van der Waals surface area (Å²) >= 11 is 4.98. The second kappa shape index (κ2) is 6.66. The van der Waals surface area contributed by atoms with Crippen molar-refractivity contribution in [2.24, 2.45) is 5.73 Å². The van der Waals surface area contributed by atoms with Crippen LogP contribution in [0.25, 0.3) is 0 Å². The van der Waals surface area contributed by atoms with Gasteiger partial charge in [-0.3, -0.25) is 0 Å². The Morgan fingerprint density at radius 2 is 2.18 bits per heavy atom. The lowest BCUT2D eigenvalue weighted by molar-refractivity contribution is 0.190. The van der Waals surface area contributed by atoms with Crippen LogP contribution in [0, 0.1) is 0 Å². The van der Waals surface area contributed by atoms with E-state index >= 15 is 0 Å². The van der Waals surface area contributed by atoms with E-state index in [1.807, 2.05) is 4.68 Å². The zero-order valence-electron chi connectivity index (χ0n) is 10.6. The maximum atomic E-state index is 5.64. The van der Waals surface area contributed by atoms with Crippen LogP contribution in [0.5, 0.6) is 0 Å². The zero-order valence-corrected chi connectivity index (χ0v) is 11.5. The molecule has 0 aromatic carbocycles. The van der Waals surface area contributed by atoms with Gasteiger partial charge >= 0.3 is 0 Å². The largest absolute Gasteiger partial charge is 0.388 e. The second-order valence-electron chi connectivity index (χ2n) is 4.27. The van der Waals surface area contributed by atoms with Crippen molar-refractivity contribution in [3.05, 3.63) is 11.4 Å². The van der Waals surface area contributed by atoms with Crippen molar-refractivity contribution in [2.75, 3.05) is 13.7 Å². The molecule has 0 aliphatic heterocycles. The molecule has 0 atom stereocenters. The van der Waals surface area contributed by atoms with Crippen molar-refractivity contribution >= 4 is 17.2 Å². The predicted octanol–water partition coefficient (Wildman–Crippen LogP) is 1.46. The van der Waals surface area contributed by atoms with E-state index in [1.54, 1.807) is 7.11 Å². The smallest absolute Gasteiger partial charge is 0.143 e. The Kier molecular flexibility index (Phi) is 5.50. The molecule has 0 aliphatic carbocycles. The van der Waals surface area contributed by atoms with Crippen LogP contribution in [0.4, 0.5) is 0 Å². The molecule has 0 saturated heterocycles. The van der Waals surface area contributed by atoms with Gasteiger partial charge in [-0.05, 0) is 18.8 Å². The molecule has 1 aromatic heterocycles. The van der Waals surface area contributed by atoms with Crippen molar-refractivity contribution in [3.8, 4) is 0 Å². The Balaban J connectivity index is 2.74. The molecule has 6 heteroatoms. The Hall–Kier alpha value is -1.01. The van der Waals surface area contributed by atoms with Crippen LogP contribution >= 0.6 is 12.2 Å². The number of hydrogen-bond acceptors (Lipinski definition) is 4. The van der Waals surface area contributed by atoms with Crippen LogP contribution in [0.2, 0.25) is 0 Å². The summed E-state index contributed by atoms with van der Waals surface area (Å²) in [5.41, 5.74) is 7.32. The molecule has 5 nitrogen and oxygen atoms in total. The molecular formula is C11H20N4OS. The van der Waals surface area contributed by atoms with Crippen molar-refractivity contribution in [1.82, 2.24) is 15.0 Å². The van der Waals surface area contributed by atoms with Crippen LogP contribution in [-0.2, 0) is 11.3 Å². The fraction of sp³-hybridized carbons (Fsp3) is 0.727. The number of aryl methyl sites for hydroxylation is 1. The third kappa shape index (κ3) is 3.74. The standard InChI is InChI=1S/C11H20N4OS/c1-8(2)10-9(11(12)17)13-14-15(10)6-4-5-7-16-3/h8H,4-7H2,1-3H3,(H2,12,17). The molecule has 1 aromatic rings. The number of nitrogens with zero attached hydrogens (tertiary/aromatic N) is 3. The van der Waals surface area contributed by atoms with Crippen molar-refractivity contribution < 1.29 is 4.74 Å². The molecule has 2 N–H and O–H groups in total. The van der Waals surface area contributed by atoms with Gasteiger partial charge in [-0.15, -0.1) is 5.10 Å². The molecule has 1 heterocycles. The topological polar surface area (TPSA) is 66.0 Å². The van der Waals surface area contributed by atoms with E-state index in [4.69, 9.17) is 22.7 Å². The molecule has 0 spiro atoms. The van der Waals surface area contributed by atoms with Crippen LogP contribution in [0.1, 0.15) is 44.0 Å². The minimum Gasteiger partial charge on any atom is -0.388 e. The summed E-state index contributed by atoms with van der Waals surface area (Å²) < 4.78 is 6.91. The third-order valence-electron chi connectivity index (χ3n) is 2.52. The van der Waals surface area contributed by atoms with Crippen molar-refractivity contribution in [2.45, 2.75) is 39.2 Å². The van der Waals surface area contributed by atoms with Crippen LogP contribution in [0.3, 0.4) is 0 Å². The number of methoxy groups -OCH3 is 1. The van der Waals surface area contributed by atoms with Gasteiger partial charge < -0.3 is 10.5 Å². The lowest BCUT2D eigenvalue weighted by Crippen LogP contribution is -2.15. The fourth-order valence-corrected chi connectivity index (χ4v) is 1.89. The summed E-state index contributed by atoms with van der Waals surface area (Å²) in [5.74, 6) is 0.309. The van der Waals surface area contributed by atoms with Crippen LogP contribution in [-0.4, -0.2) is 33.7 Å². The van der Waals surface area contributed by atoms with Gasteiger partial charge in [-0.25, -0.2) is 4.68 Å². The molecule has 0 unspecified atom stereocenters. The molecule has 0 saturated carbocycles. The summed E-state index contributed by atoms with van der Waals surface area (Å²) in [5, 5.41) is 8.17. The average molecular weight is 256 g/mol. The first kappa shape index (κ1) is 14.1. The minimum atomic E-state index is 0.309. The summed E-state index contributed by atoms with van der Waals surface area (Å²) in [4.78, 5) is 0.317. The van der Waals surface area contributed by atoms with E-state index < -0.39 is 0 Å². The second-order valence-corrected chi connectivity index (χ2v) is 4.71. The van der Waals surface area contributed by atoms with Gasteiger partial charge in [0.2, 0.25) is 0 Å². The highest BCUT2D eigenvalue weighted by molar-refractivity contribution is 7.80. The zero-order chi connectivity index (χ0) is 12.8. The predicted molar refractivity (Wildman–Crippen MR) is 71.1 cm³/mol. The van der Waals surface area contributed by atoms with Gasteiger partial charge in [0.15, 0.2) is 0 Å². The molecule has 0 fully saturated rings. The maximum Gasteiger partial charge on any atom is 0.143 e. The Bertz CT molecular complexity index is 376. The van der Waals surface area contributed by atoms with Gasteiger partial charge in [0.1, 0.15) is 10.7 Å². The molecule has 0 bridgehead atoms. The quantitative estimate of drug-likeness (QED) is 0.591. The van der Waals surface area contributed by atoms with E-state index in [2.05, 4.69) is 24.2 Å². The summed E-state index contributed by atoms with van der Waals surface area (Å²) in [6, 6.07) is 0. The molecular weight excluding hydrogens is 236 g/mol. The van der Waals surface area contributed by atoms with Crippen molar-refractivity contribution in [3.63, 3.8) is 0 Å². The molecule has 17 heavy (non-hydrogen) atoms. The van der Waals surface area contributed by atoms with E-state index in [9.17, 15) is 0 Å². The summed E-state index contributed by atoms with van der Waals surface area (Å²) in [6.07, 6.45) is 2.02. The summed E-state index contributed by atoms with van der Waals surface area (Å²) in [6.45, 7) is 5.78. The molecule has 1 rings (SSSR count). The number of rotatable bonds is 7. The van der Waals surface area contributed by atoms with E-state index in [0.29, 0.717) is 16.6 Å². The first-order chi connectivity index (χ1) is 8.07. The number of nitrogens with two attached hydrogens (primary N) is 1. The monoisotopic (exact) mass is 256 g/mol. The normalized spacial score (nSPS) is 11.1. The molecule has 96 valence electrons. The molecule has 0 amide bonds. The lowest BCUT2D eigenvalue weighted by Gasteiger charge is -2.10. The fourth-order valence-electron chi connectivity index (χ4n) is 1.74. The number of thiocarbonyl (C=S) groups is 1. The van der Waals surface area contributed by atoms with E-state index in [0.717, 1.165) is 31.7 Å². The third-order valence-corrected chi connectivity index (χ3v) is 2.72. The van der Waals surface area contributed by atoms with Gasteiger partial charge in [-0.1, -0.05) is 31.3 Å². The van der Waals surface area contributed by atoms with Gasteiger partial charge in [0, 0.05) is 20.3 Å². The Labute approximate surface area is 107 Å². The highest BCUT2D eigenvalue weighted by atomic mass is 32.1. The number of ether oxygens (including phenoxy) is 1. The first-order valence-corrected chi connectivity index (χ1v) is 6.20. The van der Waals surface area contributed by atoms with Crippen LogP contribution < -0.4 is 5.73 Å². The number of unbranched alkanes of at least 4 members (excludes halogenated alkanes) is 1. The average Bonchev–Trinajstić information content (AvgIpc) is 2.68.